The number of hydrogen-bond donors (Lipinski definition) is 1. The highest BCUT2D eigenvalue weighted by molar-refractivity contribution is 6.53. The zero-order valence-corrected chi connectivity index (χ0v) is 11.2. The molecule has 0 saturated carbocycles. The van der Waals surface area contributed by atoms with Crippen LogP contribution in [-0.4, -0.2) is 31.9 Å². The highest BCUT2D eigenvalue weighted by Crippen LogP contribution is 2.19. The molecule has 4 heteroatoms. The molecule has 0 spiro atoms. The van der Waals surface area contributed by atoms with Crippen LogP contribution in [0.5, 0.6) is 0 Å². The second kappa shape index (κ2) is 5.85. The summed E-state index contributed by atoms with van der Waals surface area (Å²) in [6.07, 6.45) is 3.37. The van der Waals surface area contributed by atoms with Gasteiger partial charge in [0.05, 0.1) is 0 Å². The minimum Gasteiger partial charge on any atom is -0.405 e. The predicted molar refractivity (Wildman–Crippen MR) is 68.4 cm³/mol. The maximum absolute atomic E-state index is 5.97. The summed E-state index contributed by atoms with van der Waals surface area (Å²) in [7, 11) is -0.193. The third-order valence-corrected chi connectivity index (χ3v) is 2.26. The Morgan fingerprint density at radius 2 is 2.06 bits per heavy atom. The van der Waals surface area contributed by atoms with E-state index in [-0.39, 0.29) is 18.8 Å². The van der Waals surface area contributed by atoms with Gasteiger partial charge in [-0.15, -0.1) is 0 Å². The summed E-state index contributed by atoms with van der Waals surface area (Å²) < 4.78 is 11.8. The number of hydrogen-bond acceptors (Lipinski definition) is 3. The van der Waals surface area contributed by atoms with Crippen LogP contribution in [0.3, 0.4) is 0 Å². The summed E-state index contributed by atoms with van der Waals surface area (Å²) in [5, 5.41) is 3.30. The first-order valence-corrected chi connectivity index (χ1v) is 6.11. The fraction of sp³-hybridized carbons (Fsp3) is 0.833. The van der Waals surface area contributed by atoms with E-state index in [0.29, 0.717) is 0 Å². The van der Waals surface area contributed by atoms with Crippen LogP contribution in [0.25, 0.3) is 0 Å². The van der Waals surface area contributed by atoms with E-state index in [1.807, 2.05) is 13.8 Å². The van der Waals surface area contributed by atoms with Gasteiger partial charge in [-0.1, -0.05) is 6.08 Å². The van der Waals surface area contributed by atoms with E-state index < -0.39 is 0 Å². The molecule has 1 aliphatic heterocycles. The summed E-state index contributed by atoms with van der Waals surface area (Å²) in [6, 6.07) is 0. The van der Waals surface area contributed by atoms with Gasteiger partial charge >= 0.3 is 7.12 Å². The van der Waals surface area contributed by atoms with Gasteiger partial charge in [-0.3, -0.25) is 0 Å². The van der Waals surface area contributed by atoms with Crippen molar-refractivity contribution >= 4 is 7.12 Å². The van der Waals surface area contributed by atoms with Gasteiger partial charge in [0.25, 0.3) is 0 Å². The van der Waals surface area contributed by atoms with Crippen LogP contribution in [0.2, 0.25) is 0 Å². The lowest BCUT2D eigenvalue weighted by Crippen LogP contribution is -2.39. The van der Waals surface area contributed by atoms with Crippen molar-refractivity contribution in [2.45, 2.75) is 52.7 Å². The molecular formula is C12H24BNO2. The van der Waals surface area contributed by atoms with E-state index in [4.69, 9.17) is 9.31 Å². The quantitative estimate of drug-likeness (QED) is 0.744. The minimum absolute atomic E-state index is 0.175. The molecule has 0 radical (unpaired) electrons. The molecule has 1 rings (SSSR count). The zero-order valence-electron chi connectivity index (χ0n) is 11.2. The molecule has 0 unspecified atom stereocenters. The van der Waals surface area contributed by atoms with Crippen LogP contribution in [0.15, 0.2) is 11.5 Å². The first-order valence-electron chi connectivity index (χ1n) is 6.11. The van der Waals surface area contributed by atoms with E-state index in [1.165, 1.54) is 5.47 Å². The average Bonchev–Trinajstić information content (AvgIpc) is 2.15. The van der Waals surface area contributed by atoms with E-state index >= 15 is 0 Å². The molecule has 1 N–H and O–H groups in total. The zero-order chi connectivity index (χ0) is 12.2. The monoisotopic (exact) mass is 225 g/mol. The molecule has 0 atom stereocenters. The van der Waals surface area contributed by atoms with E-state index in [9.17, 15) is 0 Å². The van der Waals surface area contributed by atoms with Crippen molar-refractivity contribution in [2.24, 2.45) is 0 Å². The molecule has 1 aliphatic rings. The maximum atomic E-state index is 5.97. The standard InChI is InChI=1S/C12H24BNO2/c1-10(2)15-13(16-12(3,4)5)11-6-8-14-9-7-11/h6,10,14H,7-9H2,1-5H3. The van der Waals surface area contributed by atoms with Gasteiger partial charge in [0.1, 0.15) is 0 Å². The second-order valence-electron chi connectivity index (χ2n) is 5.48. The summed E-state index contributed by atoms with van der Waals surface area (Å²) in [4.78, 5) is 0. The van der Waals surface area contributed by atoms with Crippen molar-refractivity contribution in [3.63, 3.8) is 0 Å². The molecule has 0 aliphatic carbocycles. The molecule has 1 heterocycles. The van der Waals surface area contributed by atoms with Crippen molar-refractivity contribution in [1.82, 2.24) is 5.32 Å². The van der Waals surface area contributed by atoms with Gasteiger partial charge in [-0.25, -0.2) is 0 Å². The van der Waals surface area contributed by atoms with Crippen molar-refractivity contribution in [3.8, 4) is 0 Å². The van der Waals surface area contributed by atoms with Crippen molar-refractivity contribution in [2.75, 3.05) is 13.1 Å². The van der Waals surface area contributed by atoms with Gasteiger partial charge in [0.15, 0.2) is 0 Å². The fourth-order valence-corrected chi connectivity index (χ4v) is 1.61. The van der Waals surface area contributed by atoms with Crippen molar-refractivity contribution in [1.29, 1.82) is 0 Å². The van der Waals surface area contributed by atoms with E-state index in [0.717, 1.165) is 19.5 Å². The summed E-state index contributed by atoms with van der Waals surface area (Å²) in [5.74, 6) is 0. The Bertz CT molecular complexity index is 246. The van der Waals surface area contributed by atoms with E-state index in [1.54, 1.807) is 0 Å². The molecule has 0 amide bonds. The summed E-state index contributed by atoms with van der Waals surface area (Å²) >= 11 is 0. The van der Waals surface area contributed by atoms with Gasteiger partial charge in [0, 0.05) is 18.2 Å². The molecule has 92 valence electrons. The van der Waals surface area contributed by atoms with Crippen molar-refractivity contribution < 1.29 is 9.31 Å². The lowest BCUT2D eigenvalue weighted by molar-refractivity contribution is 0.0725. The van der Waals surface area contributed by atoms with Gasteiger partial charge < -0.3 is 14.6 Å². The molecule has 0 aromatic carbocycles. The van der Waals surface area contributed by atoms with Crippen LogP contribution in [0.1, 0.15) is 41.0 Å². The third-order valence-electron chi connectivity index (χ3n) is 2.26. The lowest BCUT2D eigenvalue weighted by atomic mass is 9.73. The van der Waals surface area contributed by atoms with Crippen LogP contribution in [0, 0.1) is 0 Å². The Kier molecular flexibility index (Phi) is 5.03. The predicted octanol–water partition coefficient (Wildman–Crippen LogP) is 2.17. The Morgan fingerprint density at radius 1 is 1.38 bits per heavy atom. The molecule has 0 aromatic rings. The summed E-state index contributed by atoms with van der Waals surface area (Å²) in [6.45, 7) is 12.2. The molecule has 0 bridgehead atoms. The van der Waals surface area contributed by atoms with Crippen LogP contribution < -0.4 is 5.32 Å². The Balaban J connectivity index is 2.66. The first-order chi connectivity index (χ1) is 7.38. The van der Waals surface area contributed by atoms with Gasteiger partial charge in [0.2, 0.25) is 0 Å². The van der Waals surface area contributed by atoms with Crippen molar-refractivity contribution in [3.05, 3.63) is 11.5 Å². The Labute approximate surface area is 99.7 Å². The smallest absolute Gasteiger partial charge is 0.405 e. The molecule has 3 nitrogen and oxygen atoms in total. The Morgan fingerprint density at radius 3 is 2.50 bits per heavy atom. The Hall–Kier alpha value is -0.315. The summed E-state index contributed by atoms with van der Waals surface area (Å²) in [5.41, 5.74) is 1.09. The number of rotatable bonds is 4. The molecular weight excluding hydrogens is 201 g/mol. The van der Waals surface area contributed by atoms with Crippen LogP contribution in [-0.2, 0) is 9.31 Å². The largest absolute Gasteiger partial charge is 0.489 e. The molecule has 0 aromatic heterocycles. The topological polar surface area (TPSA) is 30.5 Å². The third kappa shape index (κ3) is 5.15. The highest BCUT2D eigenvalue weighted by atomic mass is 16.6. The van der Waals surface area contributed by atoms with Gasteiger partial charge in [-0.05, 0) is 53.1 Å². The van der Waals surface area contributed by atoms with Gasteiger partial charge in [-0.2, -0.15) is 0 Å². The average molecular weight is 225 g/mol. The maximum Gasteiger partial charge on any atom is 0.489 e. The normalized spacial score (nSPS) is 17.5. The second-order valence-corrected chi connectivity index (χ2v) is 5.48. The number of nitrogens with one attached hydrogen (secondary N) is 1. The van der Waals surface area contributed by atoms with Crippen LogP contribution in [0.4, 0.5) is 0 Å². The van der Waals surface area contributed by atoms with Crippen LogP contribution >= 0.6 is 0 Å². The fourth-order valence-electron chi connectivity index (χ4n) is 1.61. The first kappa shape index (κ1) is 13.7. The SMILES string of the molecule is CC(C)OB(OC(C)(C)C)C1=CCNCC1. The molecule has 0 saturated heterocycles. The lowest BCUT2D eigenvalue weighted by Gasteiger charge is -2.29. The molecule has 16 heavy (non-hydrogen) atoms. The highest BCUT2D eigenvalue weighted by Gasteiger charge is 2.30. The molecule has 0 fully saturated rings. The van der Waals surface area contributed by atoms with E-state index in [2.05, 4.69) is 32.2 Å². The minimum atomic E-state index is -0.193.